The van der Waals surface area contributed by atoms with Crippen molar-refractivity contribution in [3.63, 3.8) is 0 Å². The zero-order valence-electron chi connectivity index (χ0n) is 27.2. The first kappa shape index (κ1) is 38.9. The SMILES string of the molecule is CCCCCCCCCCCCCCCCCC(=O)O[C@H](CCCCCC)CCCCCCCCCCC(=O)O. The van der Waals surface area contributed by atoms with E-state index in [1.165, 1.54) is 135 Å². The van der Waals surface area contributed by atoms with Gasteiger partial charge in [0.1, 0.15) is 6.10 Å². The Bertz CT molecular complexity index is 533. The first-order valence-electron chi connectivity index (χ1n) is 18.0. The van der Waals surface area contributed by atoms with Gasteiger partial charge in [0.05, 0.1) is 0 Å². The number of carboxylic acids is 1. The van der Waals surface area contributed by atoms with Crippen LogP contribution in [0.3, 0.4) is 0 Å². The van der Waals surface area contributed by atoms with Gasteiger partial charge in [-0.2, -0.15) is 0 Å². The number of esters is 1. The van der Waals surface area contributed by atoms with E-state index in [2.05, 4.69) is 13.8 Å². The van der Waals surface area contributed by atoms with Gasteiger partial charge in [0.2, 0.25) is 0 Å². The summed E-state index contributed by atoms with van der Waals surface area (Å²) in [6.45, 7) is 4.52. The summed E-state index contributed by atoms with van der Waals surface area (Å²) < 4.78 is 5.95. The Hall–Kier alpha value is -1.06. The number of hydrogen-bond donors (Lipinski definition) is 1. The molecule has 0 radical (unpaired) electrons. The topological polar surface area (TPSA) is 63.6 Å². The molecule has 0 saturated heterocycles. The largest absolute Gasteiger partial charge is 0.481 e. The van der Waals surface area contributed by atoms with Crippen LogP contribution in [-0.4, -0.2) is 23.1 Å². The predicted molar refractivity (Wildman–Crippen MR) is 172 cm³/mol. The lowest BCUT2D eigenvalue weighted by molar-refractivity contribution is -0.150. The summed E-state index contributed by atoms with van der Waals surface area (Å²) in [7, 11) is 0. The molecule has 0 aliphatic rings. The summed E-state index contributed by atoms with van der Waals surface area (Å²) >= 11 is 0. The molecule has 0 saturated carbocycles. The Kier molecular flexibility index (Phi) is 31.6. The van der Waals surface area contributed by atoms with Gasteiger partial charge in [0.25, 0.3) is 0 Å². The third-order valence-corrected chi connectivity index (χ3v) is 8.33. The van der Waals surface area contributed by atoms with Crippen molar-refractivity contribution in [3.05, 3.63) is 0 Å². The number of carbonyl (C=O) groups excluding carboxylic acids is 1. The van der Waals surface area contributed by atoms with Gasteiger partial charge in [-0.25, -0.2) is 0 Å². The van der Waals surface area contributed by atoms with Crippen molar-refractivity contribution < 1.29 is 19.4 Å². The van der Waals surface area contributed by atoms with Gasteiger partial charge in [0, 0.05) is 12.8 Å². The van der Waals surface area contributed by atoms with Crippen molar-refractivity contribution >= 4 is 11.9 Å². The first-order chi connectivity index (χ1) is 19.6. The van der Waals surface area contributed by atoms with Crippen LogP contribution in [0.25, 0.3) is 0 Å². The summed E-state index contributed by atoms with van der Waals surface area (Å²) in [4.78, 5) is 23.1. The van der Waals surface area contributed by atoms with Crippen LogP contribution < -0.4 is 0 Å². The van der Waals surface area contributed by atoms with E-state index in [-0.39, 0.29) is 12.1 Å². The van der Waals surface area contributed by atoms with Gasteiger partial charge in [-0.15, -0.1) is 0 Å². The first-order valence-corrected chi connectivity index (χ1v) is 18.0. The van der Waals surface area contributed by atoms with E-state index < -0.39 is 5.97 Å². The maximum Gasteiger partial charge on any atom is 0.306 e. The lowest BCUT2D eigenvalue weighted by Crippen LogP contribution is -2.18. The molecular weight excluding hydrogens is 496 g/mol. The highest BCUT2D eigenvalue weighted by Crippen LogP contribution is 2.19. The molecule has 1 N–H and O–H groups in total. The van der Waals surface area contributed by atoms with E-state index >= 15 is 0 Å². The van der Waals surface area contributed by atoms with Gasteiger partial charge in [-0.1, -0.05) is 162 Å². The molecule has 4 nitrogen and oxygen atoms in total. The molecule has 0 aromatic carbocycles. The fourth-order valence-corrected chi connectivity index (χ4v) is 5.66. The smallest absolute Gasteiger partial charge is 0.306 e. The van der Waals surface area contributed by atoms with Crippen LogP contribution in [0.15, 0.2) is 0 Å². The normalized spacial score (nSPS) is 12.1. The molecule has 0 spiro atoms. The maximum atomic E-state index is 12.5. The minimum Gasteiger partial charge on any atom is -0.481 e. The lowest BCUT2D eigenvalue weighted by Gasteiger charge is -2.18. The van der Waals surface area contributed by atoms with Crippen LogP contribution >= 0.6 is 0 Å². The van der Waals surface area contributed by atoms with Gasteiger partial charge >= 0.3 is 11.9 Å². The van der Waals surface area contributed by atoms with Crippen LogP contribution in [-0.2, 0) is 14.3 Å². The highest BCUT2D eigenvalue weighted by atomic mass is 16.5. The Labute approximate surface area is 250 Å². The molecule has 0 unspecified atom stereocenters. The minimum atomic E-state index is -0.681. The molecule has 0 aromatic rings. The number of rotatable bonds is 33. The average molecular weight is 567 g/mol. The zero-order valence-corrected chi connectivity index (χ0v) is 27.2. The molecule has 0 aromatic heterocycles. The Morgan fingerprint density at radius 2 is 0.750 bits per heavy atom. The molecule has 40 heavy (non-hydrogen) atoms. The maximum absolute atomic E-state index is 12.5. The molecular formula is C36H70O4. The fraction of sp³-hybridized carbons (Fsp3) is 0.944. The summed E-state index contributed by atoms with van der Waals surface area (Å²) in [6, 6.07) is 0. The quantitative estimate of drug-likeness (QED) is 0.0633. The minimum absolute atomic E-state index is 0.0246. The summed E-state index contributed by atoms with van der Waals surface area (Å²) in [5, 5.41) is 8.70. The summed E-state index contributed by atoms with van der Waals surface area (Å²) in [5.74, 6) is -0.656. The van der Waals surface area contributed by atoms with Crippen molar-refractivity contribution in [1.82, 2.24) is 0 Å². The third kappa shape index (κ3) is 31.5. The number of ether oxygens (including phenoxy) is 1. The molecule has 0 rings (SSSR count). The Morgan fingerprint density at radius 3 is 1.12 bits per heavy atom. The zero-order chi connectivity index (χ0) is 29.4. The van der Waals surface area contributed by atoms with Crippen molar-refractivity contribution in [3.8, 4) is 0 Å². The number of carboxylic acid groups (broad SMARTS) is 1. The fourth-order valence-electron chi connectivity index (χ4n) is 5.66. The van der Waals surface area contributed by atoms with Gasteiger partial charge in [0.15, 0.2) is 0 Å². The van der Waals surface area contributed by atoms with Gasteiger partial charge < -0.3 is 9.84 Å². The number of hydrogen-bond acceptors (Lipinski definition) is 3. The second-order valence-electron chi connectivity index (χ2n) is 12.4. The van der Waals surface area contributed by atoms with Crippen molar-refractivity contribution in [2.45, 2.75) is 219 Å². The Morgan fingerprint density at radius 1 is 0.450 bits per heavy atom. The van der Waals surface area contributed by atoms with E-state index in [0.717, 1.165) is 51.4 Å². The number of aliphatic carboxylic acids is 1. The molecule has 1 atom stereocenters. The van der Waals surface area contributed by atoms with E-state index in [4.69, 9.17) is 9.84 Å². The van der Waals surface area contributed by atoms with E-state index in [9.17, 15) is 9.59 Å². The van der Waals surface area contributed by atoms with Crippen LogP contribution in [0.4, 0.5) is 0 Å². The third-order valence-electron chi connectivity index (χ3n) is 8.33. The van der Waals surface area contributed by atoms with Crippen LogP contribution in [0.1, 0.15) is 213 Å². The molecule has 0 heterocycles. The summed E-state index contributed by atoms with van der Waals surface area (Å²) in [6.07, 6.45) is 37.1. The lowest BCUT2D eigenvalue weighted by atomic mass is 10.0. The monoisotopic (exact) mass is 567 g/mol. The van der Waals surface area contributed by atoms with Gasteiger partial charge in [-0.05, 0) is 38.5 Å². The molecule has 0 amide bonds. The highest BCUT2D eigenvalue weighted by molar-refractivity contribution is 5.69. The molecule has 0 fully saturated rings. The van der Waals surface area contributed by atoms with E-state index in [1.54, 1.807) is 0 Å². The molecule has 0 bridgehead atoms. The molecule has 0 aliphatic heterocycles. The molecule has 0 aliphatic carbocycles. The Balaban J connectivity index is 3.77. The highest BCUT2D eigenvalue weighted by Gasteiger charge is 2.14. The average Bonchev–Trinajstić information content (AvgIpc) is 2.93. The van der Waals surface area contributed by atoms with Crippen molar-refractivity contribution in [1.29, 1.82) is 0 Å². The van der Waals surface area contributed by atoms with Gasteiger partial charge in [-0.3, -0.25) is 9.59 Å². The second kappa shape index (κ2) is 32.5. The van der Waals surface area contributed by atoms with Crippen molar-refractivity contribution in [2.75, 3.05) is 0 Å². The van der Waals surface area contributed by atoms with E-state index in [1.807, 2.05) is 0 Å². The van der Waals surface area contributed by atoms with E-state index in [0.29, 0.717) is 12.8 Å². The number of carbonyl (C=O) groups is 2. The predicted octanol–water partition coefficient (Wildman–Crippen LogP) is 12.1. The molecule has 238 valence electrons. The summed E-state index contributed by atoms with van der Waals surface area (Å²) in [5.41, 5.74) is 0. The van der Waals surface area contributed by atoms with Crippen LogP contribution in [0, 0.1) is 0 Å². The van der Waals surface area contributed by atoms with Crippen molar-refractivity contribution in [2.24, 2.45) is 0 Å². The van der Waals surface area contributed by atoms with Crippen LogP contribution in [0.2, 0.25) is 0 Å². The standard InChI is InChI=1S/C36H70O4/c1-3-5-7-9-10-11-12-13-14-15-16-17-22-25-29-33-36(39)40-34(30-26-8-6-4-2)31-27-23-20-18-19-21-24-28-32-35(37)38/h34H,3-33H2,1-2H3,(H,37,38)/t34-/m1/s1. The molecule has 4 heteroatoms. The number of unbranched alkanes of at least 4 members (excludes halogenated alkanes) is 24. The van der Waals surface area contributed by atoms with Crippen LogP contribution in [0.5, 0.6) is 0 Å². The second-order valence-corrected chi connectivity index (χ2v) is 12.4.